The summed E-state index contributed by atoms with van der Waals surface area (Å²) < 4.78 is 6.17. The van der Waals surface area contributed by atoms with Gasteiger partial charge in [0.05, 0.1) is 33.7 Å². The first-order chi connectivity index (χ1) is 17.4. The quantitative estimate of drug-likeness (QED) is 0.359. The van der Waals surface area contributed by atoms with E-state index in [0.717, 1.165) is 10.5 Å². The van der Waals surface area contributed by atoms with Gasteiger partial charge >= 0.3 is 0 Å². The van der Waals surface area contributed by atoms with Crippen molar-refractivity contribution < 1.29 is 23.9 Å². The number of Topliss-reactive ketones (excluding diaryl/α,β-unsaturated/α-hetero) is 2. The number of nitrogens with zero attached hydrogens (tertiary/aromatic N) is 1. The monoisotopic (exact) mass is 517 g/mol. The molecule has 2 fully saturated rings. The minimum atomic E-state index is -2.13. The molecule has 8 heteroatoms. The van der Waals surface area contributed by atoms with Crippen LogP contribution in [0.3, 0.4) is 0 Å². The highest BCUT2D eigenvalue weighted by molar-refractivity contribution is 6.45. The lowest BCUT2D eigenvalue weighted by Gasteiger charge is -2.27. The number of hydrogen-bond donors (Lipinski definition) is 0. The van der Waals surface area contributed by atoms with E-state index < -0.39 is 46.9 Å². The molecular weight excluding hydrogens is 501 g/mol. The number of carbonyl (C=O) groups is 4. The molecule has 6 rings (SSSR count). The van der Waals surface area contributed by atoms with Gasteiger partial charge in [0, 0.05) is 11.1 Å². The van der Waals surface area contributed by atoms with E-state index in [1.807, 2.05) is 30.3 Å². The topological polar surface area (TPSA) is 80.8 Å². The van der Waals surface area contributed by atoms with Gasteiger partial charge in [-0.05, 0) is 17.7 Å². The van der Waals surface area contributed by atoms with Gasteiger partial charge in [0.2, 0.25) is 29.0 Å². The molecule has 2 saturated heterocycles. The molecule has 6 nitrogen and oxygen atoms in total. The summed E-state index contributed by atoms with van der Waals surface area (Å²) >= 11 is 12.5. The Morgan fingerprint density at radius 1 is 0.778 bits per heavy atom. The predicted octanol–water partition coefficient (Wildman–Crippen LogP) is 5.03. The van der Waals surface area contributed by atoms with Gasteiger partial charge < -0.3 is 4.74 Å². The van der Waals surface area contributed by atoms with Crippen LogP contribution in [0.5, 0.6) is 0 Å². The van der Waals surface area contributed by atoms with E-state index >= 15 is 0 Å². The minimum Gasteiger partial charge on any atom is -0.350 e. The summed E-state index contributed by atoms with van der Waals surface area (Å²) in [5, 5.41) is 0.193. The summed E-state index contributed by atoms with van der Waals surface area (Å²) in [5.41, 5.74) is -0.851. The second-order valence-corrected chi connectivity index (χ2v) is 9.67. The van der Waals surface area contributed by atoms with Crippen molar-refractivity contribution in [2.75, 3.05) is 4.90 Å². The van der Waals surface area contributed by atoms with E-state index in [1.54, 1.807) is 30.4 Å². The average molecular weight is 518 g/mol. The highest BCUT2D eigenvalue weighted by Crippen LogP contribution is 2.54. The number of carbonyl (C=O) groups excluding carboxylic acids is 4. The molecule has 0 unspecified atom stereocenters. The van der Waals surface area contributed by atoms with Crippen LogP contribution >= 0.6 is 23.2 Å². The Labute approximate surface area is 216 Å². The molecule has 3 aliphatic rings. The predicted molar refractivity (Wildman–Crippen MR) is 134 cm³/mol. The molecule has 0 radical (unpaired) electrons. The fraction of sp³-hybridized carbons (Fsp3) is 0.143. The lowest BCUT2D eigenvalue weighted by molar-refractivity contribution is -0.126. The van der Waals surface area contributed by atoms with Gasteiger partial charge in [-0.25, -0.2) is 4.90 Å². The van der Waals surface area contributed by atoms with Crippen molar-refractivity contribution in [1.82, 2.24) is 0 Å². The molecule has 2 heterocycles. The third kappa shape index (κ3) is 3.02. The van der Waals surface area contributed by atoms with Gasteiger partial charge in [0.1, 0.15) is 0 Å². The van der Waals surface area contributed by atoms with Crippen LogP contribution in [0.1, 0.15) is 26.3 Å². The van der Waals surface area contributed by atoms with Crippen LogP contribution < -0.4 is 4.90 Å². The van der Waals surface area contributed by atoms with E-state index in [4.69, 9.17) is 27.9 Å². The van der Waals surface area contributed by atoms with E-state index in [2.05, 4.69) is 0 Å². The van der Waals surface area contributed by atoms with Crippen LogP contribution in [0.15, 0.2) is 78.9 Å². The van der Waals surface area contributed by atoms with Crippen LogP contribution in [-0.4, -0.2) is 35.1 Å². The summed E-state index contributed by atoms with van der Waals surface area (Å²) in [6.45, 7) is 0. The number of hydrogen-bond acceptors (Lipinski definition) is 5. The molecule has 0 bridgehead atoms. The number of benzene rings is 3. The minimum absolute atomic E-state index is 0.0274. The van der Waals surface area contributed by atoms with Gasteiger partial charge in [0.15, 0.2) is 0 Å². The molecule has 2 aliphatic heterocycles. The Hall–Kier alpha value is -3.58. The largest absolute Gasteiger partial charge is 0.350 e. The molecule has 1 aliphatic carbocycles. The van der Waals surface area contributed by atoms with Gasteiger partial charge in [-0.3, -0.25) is 19.2 Å². The van der Waals surface area contributed by atoms with Crippen LogP contribution in [-0.2, 0) is 14.3 Å². The van der Waals surface area contributed by atoms with Crippen molar-refractivity contribution in [3.8, 4) is 0 Å². The number of halogens is 2. The zero-order chi connectivity index (χ0) is 25.2. The smallest absolute Gasteiger partial charge is 0.241 e. The number of anilines is 1. The number of ether oxygens (including phenoxy) is 1. The number of ketones is 2. The molecule has 178 valence electrons. The highest BCUT2D eigenvalue weighted by atomic mass is 35.5. The highest BCUT2D eigenvalue weighted by Gasteiger charge is 2.74. The Morgan fingerprint density at radius 2 is 1.42 bits per heavy atom. The molecule has 0 N–H and O–H groups in total. The van der Waals surface area contributed by atoms with E-state index in [9.17, 15) is 19.2 Å². The van der Waals surface area contributed by atoms with Crippen molar-refractivity contribution in [3.63, 3.8) is 0 Å². The van der Waals surface area contributed by atoms with Crippen LogP contribution in [0.2, 0.25) is 10.0 Å². The molecule has 36 heavy (non-hydrogen) atoms. The first-order valence-corrected chi connectivity index (χ1v) is 12.0. The fourth-order valence-electron chi connectivity index (χ4n) is 5.41. The molecular formula is C28H17Cl2NO5. The summed E-state index contributed by atoms with van der Waals surface area (Å²) in [7, 11) is 0. The number of fused-ring (bicyclic) bond motifs is 3. The number of imide groups is 1. The van der Waals surface area contributed by atoms with Crippen molar-refractivity contribution in [3.05, 3.63) is 106 Å². The van der Waals surface area contributed by atoms with Gasteiger partial charge in [-0.1, -0.05) is 96.0 Å². The summed E-state index contributed by atoms with van der Waals surface area (Å²) in [4.78, 5) is 56.0. The molecule has 1 spiro atoms. The number of rotatable bonds is 3. The number of amides is 2. The Balaban J connectivity index is 1.50. The van der Waals surface area contributed by atoms with Crippen molar-refractivity contribution >= 4 is 58.3 Å². The van der Waals surface area contributed by atoms with Crippen molar-refractivity contribution in [2.24, 2.45) is 11.8 Å². The Bertz CT molecular complexity index is 1460. The lowest BCUT2D eigenvalue weighted by atomic mass is 9.78. The van der Waals surface area contributed by atoms with Crippen LogP contribution in [0.25, 0.3) is 6.08 Å². The van der Waals surface area contributed by atoms with Gasteiger partial charge in [-0.2, -0.15) is 0 Å². The van der Waals surface area contributed by atoms with Crippen molar-refractivity contribution in [2.45, 2.75) is 11.7 Å². The van der Waals surface area contributed by atoms with Crippen LogP contribution in [0.4, 0.5) is 5.69 Å². The molecule has 2 amide bonds. The maximum Gasteiger partial charge on any atom is 0.241 e. The maximum absolute atomic E-state index is 13.9. The summed E-state index contributed by atoms with van der Waals surface area (Å²) in [6.07, 6.45) is 2.36. The molecule has 0 saturated carbocycles. The molecule has 0 aromatic heterocycles. The Kier molecular flexibility index (Phi) is 5.23. The lowest BCUT2D eigenvalue weighted by Crippen LogP contribution is -2.51. The second-order valence-electron chi connectivity index (χ2n) is 8.88. The normalized spacial score (nSPS) is 24.3. The first kappa shape index (κ1) is 22.9. The van der Waals surface area contributed by atoms with E-state index in [0.29, 0.717) is 0 Å². The van der Waals surface area contributed by atoms with Gasteiger partial charge in [-0.15, -0.1) is 0 Å². The van der Waals surface area contributed by atoms with Crippen molar-refractivity contribution in [1.29, 1.82) is 0 Å². The second kappa shape index (κ2) is 8.23. The zero-order valence-corrected chi connectivity index (χ0v) is 20.1. The van der Waals surface area contributed by atoms with Gasteiger partial charge in [0.25, 0.3) is 0 Å². The molecule has 3 atom stereocenters. The standard InChI is InChI=1S/C28H17Cl2NO5/c29-18-11-6-12-19(23(18)30)31-26(34)21-20(14-13-15-7-2-1-3-8-15)36-28(22(21)27(31)35)24(32)16-9-4-5-10-17(16)25(28)33/h1-14,20-22H/b14-13+/t20-,21+,22+/m0/s1. The third-order valence-corrected chi connectivity index (χ3v) is 7.81. The van der Waals surface area contributed by atoms with E-state index in [1.165, 1.54) is 24.3 Å². The summed E-state index contributed by atoms with van der Waals surface area (Å²) in [6, 6.07) is 20.2. The molecule has 3 aromatic rings. The van der Waals surface area contributed by atoms with E-state index in [-0.39, 0.29) is 26.9 Å². The fourth-order valence-corrected chi connectivity index (χ4v) is 5.79. The summed E-state index contributed by atoms with van der Waals surface area (Å²) in [5.74, 6) is -5.01. The average Bonchev–Trinajstić information content (AvgIpc) is 3.45. The Morgan fingerprint density at radius 3 is 2.08 bits per heavy atom. The third-order valence-electron chi connectivity index (χ3n) is 7.01. The maximum atomic E-state index is 13.9. The SMILES string of the molecule is O=C1[C@@H]2[C@H](/C=C/c3ccccc3)OC3(C(=O)c4ccccc4C3=O)[C@H]2C(=O)N1c1cccc(Cl)c1Cl. The van der Waals surface area contributed by atoms with Crippen LogP contribution in [0, 0.1) is 11.8 Å². The molecule has 3 aromatic carbocycles. The zero-order valence-electron chi connectivity index (χ0n) is 18.6. The first-order valence-electron chi connectivity index (χ1n) is 11.3.